The van der Waals surface area contributed by atoms with Crippen LogP contribution in [0, 0.1) is 11.2 Å². The molecule has 0 N–H and O–H groups in total. The highest BCUT2D eigenvalue weighted by Crippen LogP contribution is 2.31. The van der Waals surface area contributed by atoms with Crippen molar-refractivity contribution in [2.75, 3.05) is 29.5 Å². The van der Waals surface area contributed by atoms with Gasteiger partial charge in [-0.05, 0) is 41.3 Å². The van der Waals surface area contributed by atoms with Crippen LogP contribution < -0.4 is 9.91 Å². The average molecular weight is 412 g/mol. The number of carbonyl (C=O) groups is 1. The van der Waals surface area contributed by atoms with E-state index in [9.17, 15) is 9.18 Å². The van der Waals surface area contributed by atoms with Gasteiger partial charge in [-0.3, -0.25) is 9.91 Å². The fraction of sp³-hybridized carbons (Fsp3) is 0.389. The summed E-state index contributed by atoms with van der Waals surface area (Å²) in [6, 6.07) is 5.59. The van der Waals surface area contributed by atoms with Gasteiger partial charge in [-0.2, -0.15) is 4.98 Å². The predicted molar refractivity (Wildman–Crippen MR) is 105 cm³/mol. The van der Waals surface area contributed by atoms with Crippen molar-refractivity contribution in [3.8, 4) is 0 Å². The van der Waals surface area contributed by atoms with Crippen LogP contribution in [0.5, 0.6) is 0 Å². The van der Waals surface area contributed by atoms with Gasteiger partial charge in [-0.25, -0.2) is 19.2 Å². The molecule has 1 aliphatic heterocycles. The molecule has 0 saturated carbocycles. The third-order valence-electron chi connectivity index (χ3n) is 3.98. The summed E-state index contributed by atoms with van der Waals surface area (Å²) in [7, 11) is 0. The molecular weight excluding hydrogens is 392 g/mol. The second kappa shape index (κ2) is 7.48. The SMILES string of the molecule is CC(C)(C)CN(c1nc(Cl)ncc1Cl)N1CCN(c2ccc(F)cc2)C1=O. The highest BCUT2D eigenvalue weighted by Gasteiger charge is 2.37. The Labute approximate surface area is 167 Å². The Morgan fingerprint density at radius 2 is 1.85 bits per heavy atom. The summed E-state index contributed by atoms with van der Waals surface area (Å²) in [5.41, 5.74) is 0.482. The maximum atomic E-state index is 13.2. The van der Waals surface area contributed by atoms with Crippen molar-refractivity contribution in [1.29, 1.82) is 0 Å². The molecule has 2 aromatic rings. The minimum absolute atomic E-state index is 0.0512. The lowest BCUT2D eigenvalue weighted by molar-refractivity contribution is 0.207. The van der Waals surface area contributed by atoms with E-state index in [-0.39, 0.29) is 22.5 Å². The lowest BCUT2D eigenvalue weighted by atomic mass is 9.96. The Bertz CT molecular complexity index is 841. The first kappa shape index (κ1) is 19.6. The maximum absolute atomic E-state index is 13.2. The molecule has 0 atom stereocenters. The molecule has 1 aromatic carbocycles. The van der Waals surface area contributed by atoms with Gasteiger partial charge in [0.15, 0.2) is 5.82 Å². The molecule has 27 heavy (non-hydrogen) atoms. The number of hydrogen-bond donors (Lipinski definition) is 0. The molecule has 1 aromatic heterocycles. The van der Waals surface area contributed by atoms with Gasteiger partial charge >= 0.3 is 6.03 Å². The summed E-state index contributed by atoms with van der Waals surface area (Å²) in [6.07, 6.45) is 1.42. The molecule has 0 spiro atoms. The summed E-state index contributed by atoms with van der Waals surface area (Å²) in [5, 5.41) is 3.67. The van der Waals surface area contributed by atoms with Gasteiger partial charge in [0.25, 0.3) is 0 Å². The number of hydrogen-bond acceptors (Lipinski definition) is 4. The summed E-state index contributed by atoms with van der Waals surface area (Å²) in [4.78, 5) is 22.8. The minimum atomic E-state index is -0.348. The zero-order valence-electron chi connectivity index (χ0n) is 15.3. The number of halogens is 3. The quantitative estimate of drug-likeness (QED) is 0.687. The first-order chi connectivity index (χ1) is 12.7. The third-order valence-corrected chi connectivity index (χ3v) is 4.43. The van der Waals surface area contributed by atoms with Crippen LogP contribution in [-0.4, -0.2) is 40.6 Å². The number of nitrogens with zero attached hydrogens (tertiary/aromatic N) is 5. The van der Waals surface area contributed by atoms with Gasteiger partial charge in [0.1, 0.15) is 10.8 Å². The van der Waals surface area contributed by atoms with Crippen molar-refractivity contribution in [3.05, 3.63) is 46.6 Å². The van der Waals surface area contributed by atoms with Crippen LogP contribution in [0.2, 0.25) is 10.3 Å². The Hall–Kier alpha value is -2.12. The molecule has 0 unspecified atom stereocenters. The van der Waals surface area contributed by atoms with Gasteiger partial charge in [0, 0.05) is 18.8 Å². The van der Waals surface area contributed by atoms with Crippen molar-refractivity contribution in [1.82, 2.24) is 15.0 Å². The Balaban J connectivity index is 1.94. The highest BCUT2D eigenvalue weighted by atomic mass is 35.5. The van der Waals surface area contributed by atoms with E-state index in [1.54, 1.807) is 27.1 Å². The zero-order valence-corrected chi connectivity index (χ0v) is 16.8. The molecule has 6 nitrogen and oxygen atoms in total. The summed E-state index contributed by atoms with van der Waals surface area (Å²) in [6.45, 7) is 7.54. The maximum Gasteiger partial charge on any atom is 0.343 e. The van der Waals surface area contributed by atoms with E-state index in [0.717, 1.165) is 0 Å². The van der Waals surface area contributed by atoms with Crippen LogP contribution in [0.4, 0.5) is 20.7 Å². The van der Waals surface area contributed by atoms with Crippen molar-refractivity contribution in [3.63, 3.8) is 0 Å². The van der Waals surface area contributed by atoms with Gasteiger partial charge < -0.3 is 0 Å². The lowest BCUT2D eigenvalue weighted by Gasteiger charge is -2.37. The Kier molecular flexibility index (Phi) is 5.44. The number of aromatic nitrogens is 2. The van der Waals surface area contributed by atoms with Crippen LogP contribution >= 0.6 is 23.2 Å². The van der Waals surface area contributed by atoms with Crippen LogP contribution in [0.15, 0.2) is 30.5 Å². The molecule has 2 amide bonds. The summed E-state index contributed by atoms with van der Waals surface area (Å²) in [5.74, 6) is 0.0277. The fourth-order valence-corrected chi connectivity index (χ4v) is 3.17. The first-order valence-electron chi connectivity index (χ1n) is 8.46. The number of benzene rings is 1. The zero-order chi connectivity index (χ0) is 19.8. The molecule has 3 rings (SSSR count). The van der Waals surface area contributed by atoms with Gasteiger partial charge in [-0.15, -0.1) is 0 Å². The normalized spacial score (nSPS) is 14.8. The van der Waals surface area contributed by atoms with Gasteiger partial charge in [0.2, 0.25) is 5.28 Å². The molecule has 9 heteroatoms. The number of anilines is 2. The van der Waals surface area contributed by atoms with Crippen molar-refractivity contribution in [2.45, 2.75) is 20.8 Å². The van der Waals surface area contributed by atoms with Crippen LogP contribution in [-0.2, 0) is 0 Å². The summed E-state index contributed by atoms with van der Waals surface area (Å²) < 4.78 is 13.2. The van der Waals surface area contributed by atoms with Gasteiger partial charge in [0.05, 0.1) is 12.7 Å². The molecular formula is C18H20Cl2FN5O. The van der Waals surface area contributed by atoms with Crippen LogP contribution in [0.3, 0.4) is 0 Å². The number of hydrazine groups is 1. The van der Waals surface area contributed by atoms with E-state index in [0.29, 0.717) is 36.2 Å². The van der Waals surface area contributed by atoms with Gasteiger partial charge in [-0.1, -0.05) is 32.4 Å². The highest BCUT2D eigenvalue weighted by molar-refractivity contribution is 6.33. The average Bonchev–Trinajstić information content (AvgIpc) is 2.96. The molecule has 0 radical (unpaired) electrons. The molecule has 1 aliphatic rings. The molecule has 144 valence electrons. The smallest absolute Gasteiger partial charge is 0.291 e. The van der Waals surface area contributed by atoms with E-state index in [1.165, 1.54) is 18.3 Å². The second-order valence-electron chi connectivity index (χ2n) is 7.46. The number of amides is 2. The molecule has 0 bridgehead atoms. The van der Waals surface area contributed by atoms with Crippen molar-refractivity contribution < 1.29 is 9.18 Å². The van der Waals surface area contributed by atoms with Crippen molar-refractivity contribution in [2.24, 2.45) is 5.41 Å². The largest absolute Gasteiger partial charge is 0.343 e. The van der Waals surface area contributed by atoms with E-state index in [2.05, 4.69) is 30.7 Å². The minimum Gasteiger partial charge on any atom is -0.291 e. The predicted octanol–water partition coefficient (Wildman–Crippen LogP) is 4.63. The van der Waals surface area contributed by atoms with E-state index in [4.69, 9.17) is 23.2 Å². The first-order valence-corrected chi connectivity index (χ1v) is 9.21. The molecule has 1 saturated heterocycles. The Morgan fingerprint density at radius 1 is 1.19 bits per heavy atom. The molecule has 2 heterocycles. The monoisotopic (exact) mass is 411 g/mol. The van der Waals surface area contributed by atoms with Crippen molar-refractivity contribution >= 4 is 40.7 Å². The topological polar surface area (TPSA) is 52.6 Å². The number of carbonyl (C=O) groups excluding carboxylic acids is 1. The third kappa shape index (κ3) is 4.42. The molecule has 1 fully saturated rings. The number of urea groups is 1. The fourth-order valence-electron chi connectivity index (χ4n) is 2.85. The van der Waals surface area contributed by atoms with E-state index in [1.807, 2.05) is 0 Å². The standard InChI is InChI=1S/C18H20Cl2FN5O/c1-18(2,3)11-26(15-14(19)10-22-16(20)23-15)25-9-8-24(17(25)27)13-6-4-12(21)5-7-13/h4-7,10H,8-9,11H2,1-3H3. The van der Waals surface area contributed by atoms with Crippen LogP contribution in [0.25, 0.3) is 0 Å². The second-order valence-corrected chi connectivity index (χ2v) is 8.21. The molecule has 0 aliphatic carbocycles. The lowest BCUT2D eigenvalue weighted by Crippen LogP contribution is -2.49. The van der Waals surface area contributed by atoms with Crippen LogP contribution in [0.1, 0.15) is 20.8 Å². The number of rotatable bonds is 4. The Morgan fingerprint density at radius 3 is 2.48 bits per heavy atom. The van der Waals surface area contributed by atoms with E-state index >= 15 is 0 Å². The summed E-state index contributed by atoms with van der Waals surface area (Å²) >= 11 is 12.3. The van der Waals surface area contributed by atoms with E-state index < -0.39 is 0 Å².